The van der Waals surface area contributed by atoms with E-state index in [2.05, 4.69) is 46.8 Å². The summed E-state index contributed by atoms with van der Waals surface area (Å²) in [5, 5.41) is 4.62. The predicted molar refractivity (Wildman–Crippen MR) is 71.1 cm³/mol. The van der Waals surface area contributed by atoms with Crippen molar-refractivity contribution in [1.82, 2.24) is 19.2 Å². The van der Waals surface area contributed by atoms with Gasteiger partial charge in [0.1, 0.15) is 10.4 Å². The molecule has 2 heterocycles. The number of hydrogen-bond donors (Lipinski definition) is 1. The molecule has 0 fully saturated rings. The molecule has 0 radical (unpaired) electrons. The van der Waals surface area contributed by atoms with Crippen LogP contribution in [0.3, 0.4) is 0 Å². The molecule has 2 rings (SSSR count). The van der Waals surface area contributed by atoms with Gasteiger partial charge in [-0.15, -0.1) is 0 Å². The van der Waals surface area contributed by atoms with E-state index in [-0.39, 0.29) is 5.41 Å². The summed E-state index contributed by atoms with van der Waals surface area (Å²) in [5.74, 6) is 1.87. The van der Waals surface area contributed by atoms with E-state index in [0.29, 0.717) is 6.54 Å². The Labute approximate surface area is 109 Å². The zero-order valence-corrected chi connectivity index (χ0v) is 12.2. The first-order valence-electron chi connectivity index (χ1n) is 5.66. The molecule has 0 saturated heterocycles. The Kier molecular flexibility index (Phi) is 3.03. The van der Waals surface area contributed by atoms with Gasteiger partial charge in [-0.25, -0.2) is 4.98 Å². The molecule has 94 valence electrons. The lowest BCUT2D eigenvalue weighted by Gasteiger charge is -2.16. The quantitative estimate of drug-likeness (QED) is 0.917. The highest BCUT2D eigenvalue weighted by Gasteiger charge is 2.24. The Morgan fingerprint density at radius 2 is 2.00 bits per heavy atom. The molecule has 0 aliphatic heterocycles. The third kappa shape index (κ3) is 1.99. The molecule has 0 spiro atoms. The second kappa shape index (κ2) is 4.10. The first-order chi connectivity index (χ1) is 7.86. The second-order valence-corrected chi connectivity index (χ2v) is 5.98. The number of rotatable bonds is 2. The van der Waals surface area contributed by atoms with Crippen molar-refractivity contribution in [3.63, 3.8) is 0 Å². The van der Waals surface area contributed by atoms with Crippen LogP contribution in [-0.2, 0) is 18.9 Å². The summed E-state index contributed by atoms with van der Waals surface area (Å²) in [6.45, 7) is 7.02. The largest absolute Gasteiger partial charge is 0.330 e. The van der Waals surface area contributed by atoms with Crippen molar-refractivity contribution in [2.45, 2.75) is 32.6 Å². The van der Waals surface area contributed by atoms with Gasteiger partial charge < -0.3 is 5.73 Å². The van der Waals surface area contributed by atoms with Crippen molar-refractivity contribution in [2.75, 3.05) is 6.54 Å². The van der Waals surface area contributed by atoms with Gasteiger partial charge in [0, 0.05) is 18.9 Å². The highest BCUT2D eigenvalue weighted by molar-refractivity contribution is 9.10. The van der Waals surface area contributed by atoms with Crippen LogP contribution in [0.2, 0.25) is 0 Å². The maximum atomic E-state index is 5.56. The molecule has 0 atom stereocenters. The topological polar surface area (TPSA) is 61.1 Å². The normalized spacial score (nSPS) is 12.6. The van der Waals surface area contributed by atoms with Gasteiger partial charge in [0.05, 0.1) is 5.69 Å². The zero-order valence-electron chi connectivity index (χ0n) is 10.7. The van der Waals surface area contributed by atoms with Crippen LogP contribution >= 0.6 is 15.9 Å². The standard InChI is InChI=1S/C11H18BrN5/c1-11(2,3)9-15-17-8(12)7(5-6-13)14-10(17)16(9)4/h5-6,13H2,1-4H3. The lowest BCUT2D eigenvalue weighted by atomic mass is 9.96. The third-order valence-corrected chi connectivity index (χ3v) is 3.51. The van der Waals surface area contributed by atoms with Gasteiger partial charge >= 0.3 is 0 Å². The molecular formula is C11H18BrN5. The highest BCUT2D eigenvalue weighted by Crippen LogP contribution is 2.25. The molecule has 6 heteroatoms. The number of nitrogens with zero attached hydrogens (tertiary/aromatic N) is 4. The van der Waals surface area contributed by atoms with Gasteiger partial charge in [0.2, 0.25) is 5.78 Å². The summed E-state index contributed by atoms with van der Waals surface area (Å²) >= 11 is 3.54. The molecule has 0 unspecified atom stereocenters. The van der Waals surface area contributed by atoms with E-state index in [1.165, 1.54) is 0 Å². The van der Waals surface area contributed by atoms with Crippen LogP contribution in [-0.4, -0.2) is 25.7 Å². The van der Waals surface area contributed by atoms with E-state index in [9.17, 15) is 0 Å². The number of halogens is 1. The first kappa shape index (κ1) is 12.6. The van der Waals surface area contributed by atoms with Crippen LogP contribution in [0.15, 0.2) is 4.60 Å². The van der Waals surface area contributed by atoms with E-state index in [0.717, 1.165) is 28.3 Å². The molecule has 0 saturated carbocycles. The lowest BCUT2D eigenvalue weighted by Crippen LogP contribution is -2.17. The number of aromatic nitrogens is 4. The Morgan fingerprint density at radius 3 is 2.47 bits per heavy atom. The van der Waals surface area contributed by atoms with Crippen LogP contribution in [0.4, 0.5) is 0 Å². The van der Waals surface area contributed by atoms with Crippen molar-refractivity contribution in [3.8, 4) is 0 Å². The van der Waals surface area contributed by atoms with Crippen molar-refractivity contribution < 1.29 is 0 Å². The van der Waals surface area contributed by atoms with Crippen LogP contribution in [0.25, 0.3) is 5.78 Å². The van der Waals surface area contributed by atoms with Gasteiger partial charge in [0.25, 0.3) is 0 Å². The van der Waals surface area contributed by atoms with Gasteiger partial charge in [-0.05, 0) is 22.5 Å². The Balaban J connectivity index is 2.62. The molecule has 17 heavy (non-hydrogen) atoms. The minimum atomic E-state index is 0.00290. The van der Waals surface area contributed by atoms with E-state index >= 15 is 0 Å². The van der Waals surface area contributed by atoms with Crippen molar-refractivity contribution >= 4 is 21.7 Å². The third-order valence-electron chi connectivity index (χ3n) is 2.71. The fraction of sp³-hybridized carbons (Fsp3) is 0.636. The van der Waals surface area contributed by atoms with Crippen LogP contribution in [0, 0.1) is 0 Å². The predicted octanol–water partition coefficient (Wildman–Crippen LogP) is 1.63. The van der Waals surface area contributed by atoms with Gasteiger partial charge in [-0.1, -0.05) is 20.8 Å². The van der Waals surface area contributed by atoms with E-state index in [1.807, 2.05) is 16.1 Å². The van der Waals surface area contributed by atoms with Crippen LogP contribution < -0.4 is 5.73 Å². The van der Waals surface area contributed by atoms with E-state index in [4.69, 9.17) is 5.73 Å². The SMILES string of the molecule is Cn1c(C(C)(C)C)nn2c(Br)c(CCN)nc12. The maximum absolute atomic E-state index is 5.56. The molecule has 0 bridgehead atoms. The first-order valence-corrected chi connectivity index (χ1v) is 6.46. The Bertz CT molecular complexity index is 546. The Morgan fingerprint density at radius 1 is 1.35 bits per heavy atom. The van der Waals surface area contributed by atoms with Gasteiger partial charge in [-0.3, -0.25) is 4.57 Å². The number of imidazole rings is 1. The fourth-order valence-corrected chi connectivity index (χ4v) is 2.46. The Hall–Kier alpha value is -0.880. The van der Waals surface area contributed by atoms with Crippen molar-refractivity contribution in [2.24, 2.45) is 12.8 Å². The summed E-state index contributed by atoms with van der Waals surface area (Å²) in [6.07, 6.45) is 0.759. The lowest BCUT2D eigenvalue weighted by molar-refractivity contribution is 0.519. The van der Waals surface area contributed by atoms with Gasteiger partial charge in [0.15, 0.2) is 0 Å². The number of fused-ring (bicyclic) bond motifs is 1. The molecule has 0 amide bonds. The molecule has 2 aromatic rings. The number of aryl methyl sites for hydroxylation is 1. The van der Waals surface area contributed by atoms with Gasteiger partial charge in [-0.2, -0.15) is 9.61 Å². The monoisotopic (exact) mass is 299 g/mol. The minimum absolute atomic E-state index is 0.00290. The van der Waals surface area contributed by atoms with Crippen LogP contribution in [0.1, 0.15) is 32.3 Å². The molecule has 2 N–H and O–H groups in total. The van der Waals surface area contributed by atoms with Crippen LogP contribution in [0.5, 0.6) is 0 Å². The molecule has 0 aliphatic carbocycles. The summed E-state index contributed by atoms with van der Waals surface area (Å²) in [5.41, 5.74) is 6.53. The summed E-state index contributed by atoms with van der Waals surface area (Å²) in [7, 11) is 1.99. The second-order valence-electron chi connectivity index (χ2n) is 5.23. The fourth-order valence-electron chi connectivity index (χ4n) is 1.94. The highest BCUT2D eigenvalue weighted by atomic mass is 79.9. The summed E-state index contributed by atoms with van der Waals surface area (Å²) in [6, 6.07) is 0. The molecule has 0 aromatic carbocycles. The average molecular weight is 300 g/mol. The number of nitrogens with two attached hydrogens (primary N) is 1. The summed E-state index contributed by atoms with van der Waals surface area (Å²) < 4.78 is 4.78. The van der Waals surface area contributed by atoms with E-state index < -0.39 is 0 Å². The molecule has 2 aromatic heterocycles. The average Bonchev–Trinajstić information content (AvgIpc) is 2.68. The maximum Gasteiger partial charge on any atom is 0.233 e. The molecule has 5 nitrogen and oxygen atoms in total. The van der Waals surface area contributed by atoms with Crippen molar-refractivity contribution in [1.29, 1.82) is 0 Å². The zero-order chi connectivity index (χ0) is 12.8. The number of hydrogen-bond acceptors (Lipinski definition) is 3. The minimum Gasteiger partial charge on any atom is -0.330 e. The van der Waals surface area contributed by atoms with E-state index in [1.54, 1.807) is 0 Å². The molecular weight excluding hydrogens is 282 g/mol. The molecule has 0 aliphatic rings. The van der Waals surface area contributed by atoms with Crippen molar-refractivity contribution in [3.05, 3.63) is 16.1 Å². The summed E-state index contributed by atoms with van der Waals surface area (Å²) in [4.78, 5) is 4.57. The smallest absolute Gasteiger partial charge is 0.233 e.